The summed E-state index contributed by atoms with van der Waals surface area (Å²) < 4.78 is 31.6. The van der Waals surface area contributed by atoms with Crippen molar-refractivity contribution in [2.75, 3.05) is 18.5 Å². The Morgan fingerprint density at radius 1 is 1.38 bits per heavy atom. The van der Waals surface area contributed by atoms with Crippen LogP contribution in [0.15, 0.2) is 23.4 Å². The molecule has 1 aliphatic heterocycles. The van der Waals surface area contributed by atoms with E-state index in [9.17, 15) is 13.6 Å². The molecule has 0 spiro atoms. The summed E-state index contributed by atoms with van der Waals surface area (Å²) in [5, 5.41) is 14.1. The number of nitrogens with one attached hydrogen (secondary N) is 1. The van der Waals surface area contributed by atoms with Gasteiger partial charge in [-0.2, -0.15) is 0 Å². The highest BCUT2D eigenvalue weighted by molar-refractivity contribution is 6.12. The van der Waals surface area contributed by atoms with Crippen LogP contribution in [-0.4, -0.2) is 30.2 Å². The van der Waals surface area contributed by atoms with Crippen LogP contribution in [0.1, 0.15) is 12.8 Å². The molecule has 1 heterocycles. The molecule has 21 heavy (non-hydrogen) atoms. The topological polar surface area (TPSA) is 96.9 Å². The summed E-state index contributed by atoms with van der Waals surface area (Å²) >= 11 is 0. The van der Waals surface area contributed by atoms with Crippen molar-refractivity contribution in [1.82, 2.24) is 0 Å². The summed E-state index contributed by atoms with van der Waals surface area (Å²) in [5.41, 5.74) is 4.19. The first kappa shape index (κ1) is 15.2. The Kier molecular flexibility index (Phi) is 4.37. The lowest BCUT2D eigenvalue weighted by molar-refractivity contribution is -0.126. The number of amides is 1. The van der Waals surface area contributed by atoms with E-state index in [0.717, 1.165) is 12.1 Å². The Bertz CT molecular complexity index is 572. The van der Waals surface area contributed by atoms with Crippen LogP contribution in [0.5, 0.6) is 0 Å². The van der Waals surface area contributed by atoms with Gasteiger partial charge in [-0.3, -0.25) is 4.79 Å². The Morgan fingerprint density at radius 3 is 2.62 bits per heavy atom. The summed E-state index contributed by atoms with van der Waals surface area (Å²) in [6, 6.07) is 2.80. The number of halogens is 2. The molecule has 4 N–H and O–H groups in total. The number of anilines is 1. The quantitative estimate of drug-likeness (QED) is 0.340. The molecule has 0 aromatic heterocycles. The van der Waals surface area contributed by atoms with Gasteiger partial charge in [0, 0.05) is 19.3 Å². The molecule has 1 aromatic rings. The monoisotopic (exact) mass is 299 g/mol. The molecular formula is C13H15F2N3O3. The van der Waals surface area contributed by atoms with Crippen molar-refractivity contribution in [3.05, 3.63) is 29.8 Å². The molecule has 0 unspecified atom stereocenters. The van der Waals surface area contributed by atoms with Crippen molar-refractivity contribution in [2.24, 2.45) is 16.3 Å². The number of hydrogen-bond donors (Lipinski definition) is 3. The molecule has 0 radical (unpaired) electrons. The van der Waals surface area contributed by atoms with Gasteiger partial charge in [0.25, 0.3) is 0 Å². The number of hydrogen-bond acceptors (Lipinski definition) is 4. The Morgan fingerprint density at radius 2 is 2.05 bits per heavy atom. The molecule has 0 bridgehead atoms. The van der Waals surface area contributed by atoms with E-state index < -0.39 is 23.0 Å². The molecule has 2 rings (SSSR count). The van der Waals surface area contributed by atoms with Crippen LogP contribution in [0.3, 0.4) is 0 Å². The average molecular weight is 299 g/mol. The van der Waals surface area contributed by atoms with Crippen LogP contribution in [0, 0.1) is 17.0 Å². The lowest BCUT2D eigenvalue weighted by atomic mass is 9.78. The van der Waals surface area contributed by atoms with Crippen LogP contribution >= 0.6 is 0 Å². The van der Waals surface area contributed by atoms with Crippen molar-refractivity contribution in [3.63, 3.8) is 0 Å². The van der Waals surface area contributed by atoms with Crippen LogP contribution in [-0.2, 0) is 9.53 Å². The number of carbonyl (C=O) groups excluding carboxylic acids is 1. The second kappa shape index (κ2) is 6.04. The second-order valence-electron chi connectivity index (χ2n) is 4.76. The highest BCUT2D eigenvalue weighted by Crippen LogP contribution is 2.32. The molecular weight excluding hydrogens is 284 g/mol. The largest absolute Gasteiger partial charge is 0.409 e. The lowest BCUT2D eigenvalue weighted by Crippen LogP contribution is -2.50. The van der Waals surface area contributed by atoms with Crippen LogP contribution in [0.4, 0.5) is 14.5 Å². The van der Waals surface area contributed by atoms with Gasteiger partial charge in [0.2, 0.25) is 5.91 Å². The number of nitrogens with two attached hydrogens (primary N) is 1. The normalized spacial score (nSPS) is 18.3. The third-order valence-corrected chi connectivity index (χ3v) is 3.56. The van der Waals surface area contributed by atoms with Crippen molar-refractivity contribution in [2.45, 2.75) is 12.8 Å². The van der Waals surface area contributed by atoms with Gasteiger partial charge < -0.3 is 21.0 Å². The maximum Gasteiger partial charge on any atom is 0.238 e. The van der Waals surface area contributed by atoms with Gasteiger partial charge in [0.1, 0.15) is 17.0 Å². The van der Waals surface area contributed by atoms with E-state index >= 15 is 0 Å². The minimum Gasteiger partial charge on any atom is -0.409 e. The first-order chi connectivity index (χ1) is 9.99. The fourth-order valence-electron chi connectivity index (χ4n) is 2.25. The molecule has 0 aliphatic carbocycles. The van der Waals surface area contributed by atoms with Crippen molar-refractivity contribution >= 4 is 17.4 Å². The van der Waals surface area contributed by atoms with Crippen LogP contribution in [0.25, 0.3) is 0 Å². The summed E-state index contributed by atoms with van der Waals surface area (Å²) in [4.78, 5) is 12.4. The number of oxime groups is 1. The highest BCUT2D eigenvalue weighted by atomic mass is 19.1. The fraction of sp³-hybridized carbons (Fsp3) is 0.385. The van der Waals surface area contributed by atoms with Gasteiger partial charge in [0.15, 0.2) is 5.84 Å². The Hall–Kier alpha value is -2.22. The summed E-state index contributed by atoms with van der Waals surface area (Å²) in [6.45, 7) is 0.519. The van der Waals surface area contributed by atoms with E-state index in [-0.39, 0.29) is 37.6 Å². The minimum atomic E-state index is -1.27. The maximum absolute atomic E-state index is 13.6. The van der Waals surface area contributed by atoms with Gasteiger partial charge in [-0.25, -0.2) is 8.78 Å². The van der Waals surface area contributed by atoms with E-state index in [0.29, 0.717) is 6.07 Å². The van der Waals surface area contributed by atoms with Gasteiger partial charge in [-0.15, -0.1) is 0 Å². The van der Waals surface area contributed by atoms with Gasteiger partial charge in [0.05, 0.1) is 5.69 Å². The maximum atomic E-state index is 13.6. The average Bonchev–Trinajstić information content (AvgIpc) is 2.49. The van der Waals surface area contributed by atoms with E-state index in [4.69, 9.17) is 15.7 Å². The molecule has 0 saturated carbocycles. The minimum absolute atomic E-state index is 0.169. The zero-order chi connectivity index (χ0) is 15.5. The van der Waals surface area contributed by atoms with Crippen molar-refractivity contribution < 1.29 is 23.5 Å². The predicted molar refractivity (Wildman–Crippen MR) is 70.9 cm³/mol. The highest BCUT2D eigenvalue weighted by Gasteiger charge is 2.44. The number of ether oxygens (including phenoxy) is 1. The summed E-state index contributed by atoms with van der Waals surface area (Å²) in [5.74, 6) is -2.52. The summed E-state index contributed by atoms with van der Waals surface area (Å²) in [6.07, 6.45) is 0.412. The smallest absolute Gasteiger partial charge is 0.238 e. The first-order valence-corrected chi connectivity index (χ1v) is 6.32. The lowest BCUT2D eigenvalue weighted by Gasteiger charge is -2.34. The molecule has 1 amide bonds. The standard InChI is InChI=1S/C13H15F2N3O3/c14-8-1-2-10(9(15)7-8)17-12(19)13(11(16)18-20)3-5-21-6-4-13/h1-2,7,20H,3-6H2,(H2,16,18)(H,17,19). The van der Waals surface area contributed by atoms with Crippen molar-refractivity contribution in [1.29, 1.82) is 0 Å². The number of carbonyl (C=O) groups is 1. The van der Waals surface area contributed by atoms with Crippen LogP contribution in [0.2, 0.25) is 0 Å². The predicted octanol–water partition coefficient (Wildman–Crippen LogP) is 1.45. The molecule has 1 aromatic carbocycles. The number of nitrogens with zero attached hydrogens (tertiary/aromatic N) is 1. The van der Waals surface area contributed by atoms with Gasteiger partial charge >= 0.3 is 0 Å². The van der Waals surface area contributed by atoms with E-state index in [1.807, 2.05) is 0 Å². The van der Waals surface area contributed by atoms with Crippen LogP contribution < -0.4 is 11.1 Å². The fourth-order valence-corrected chi connectivity index (χ4v) is 2.25. The SMILES string of the molecule is NC(=NO)C1(C(=O)Nc2ccc(F)cc2F)CCOCC1. The Labute approximate surface area is 119 Å². The zero-order valence-electron chi connectivity index (χ0n) is 11.1. The first-order valence-electron chi connectivity index (χ1n) is 6.32. The molecule has 1 saturated heterocycles. The third-order valence-electron chi connectivity index (χ3n) is 3.56. The zero-order valence-corrected chi connectivity index (χ0v) is 11.1. The second-order valence-corrected chi connectivity index (χ2v) is 4.76. The van der Waals surface area contributed by atoms with Gasteiger partial charge in [-0.05, 0) is 25.0 Å². The van der Waals surface area contributed by atoms with E-state index in [2.05, 4.69) is 10.5 Å². The molecule has 8 heteroatoms. The number of amidine groups is 1. The molecule has 114 valence electrons. The number of rotatable bonds is 3. The van der Waals surface area contributed by atoms with Gasteiger partial charge in [-0.1, -0.05) is 5.16 Å². The van der Waals surface area contributed by atoms with Crippen molar-refractivity contribution in [3.8, 4) is 0 Å². The third kappa shape index (κ3) is 2.94. The molecule has 0 atom stereocenters. The van der Waals surface area contributed by atoms with E-state index in [1.165, 1.54) is 0 Å². The molecule has 1 fully saturated rings. The number of benzene rings is 1. The molecule has 6 nitrogen and oxygen atoms in total. The Balaban J connectivity index is 2.27. The summed E-state index contributed by atoms with van der Waals surface area (Å²) in [7, 11) is 0. The van der Waals surface area contributed by atoms with E-state index in [1.54, 1.807) is 0 Å². The molecule has 1 aliphatic rings.